The van der Waals surface area contributed by atoms with Gasteiger partial charge in [-0.3, -0.25) is 4.79 Å². The van der Waals surface area contributed by atoms with Crippen molar-refractivity contribution in [2.75, 3.05) is 19.5 Å². The van der Waals surface area contributed by atoms with Gasteiger partial charge in [-0.05, 0) is 36.9 Å². The molecule has 7 heteroatoms. The number of benzene rings is 1. The summed E-state index contributed by atoms with van der Waals surface area (Å²) in [6, 6.07) is 7.58. The van der Waals surface area contributed by atoms with Gasteiger partial charge in [0, 0.05) is 11.8 Å². The van der Waals surface area contributed by atoms with Gasteiger partial charge in [-0.15, -0.1) is 22.7 Å². The fourth-order valence-corrected chi connectivity index (χ4v) is 4.17. The molecule has 3 aromatic rings. The minimum atomic E-state index is -0.173. The predicted molar refractivity (Wildman–Crippen MR) is 102 cm³/mol. The summed E-state index contributed by atoms with van der Waals surface area (Å²) in [6.45, 7) is 3.76. The Morgan fingerprint density at radius 2 is 1.88 bits per heavy atom. The third-order valence-electron chi connectivity index (χ3n) is 3.71. The van der Waals surface area contributed by atoms with Crippen LogP contribution in [0, 0.1) is 13.8 Å². The lowest BCUT2D eigenvalue weighted by Gasteiger charge is -2.13. The van der Waals surface area contributed by atoms with E-state index in [2.05, 4.69) is 10.3 Å². The average molecular weight is 374 g/mol. The van der Waals surface area contributed by atoms with Gasteiger partial charge in [0.2, 0.25) is 0 Å². The van der Waals surface area contributed by atoms with E-state index in [9.17, 15) is 4.79 Å². The number of methoxy groups -OCH3 is 2. The quantitative estimate of drug-likeness (QED) is 0.699. The maximum absolute atomic E-state index is 12.7. The standard InChI is InChI=1S/C18H18N2O3S2/c1-10-8-13(22-3)14(23-4)9-12(10)20-17(21)16-11(2)19-18(25-16)15-6-5-7-24-15/h5-9H,1-4H3,(H,20,21). The molecule has 0 aliphatic carbocycles. The van der Waals surface area contributed by atoms with E-state index in [1.165, 1.54) is 11.3 Å². The molecule has 5 nitrogen and oxygen atoms in total. The molecule has 3 rings (SSSR count). The van der Waals surface area contributed by atoms with E-state index in [0.29, 0.717) is 22.1 Å². The lowest BCUT2D eigenvalue weighted by molar-refractivity contribution is 0.102. The van der Waals surface area contributed by atoms with Gasteiger partial charge in [0.05, 0.1) is 24.8 Å². The maximum Gasteiger partial charge on any atom is 0.267 e. The Kier molecular flexibility index (Phi) is 5.06. The Labute approximate surface area is 154 Å². The van der Waals surface area contributed by atoms with Gasteiger partial charge in [0.15, 0.2) is 11.5 Å². The molecule has 130 valence electrons. The summed E-state index contributed by atoms with van der Waals surface area (Å²) < 4.78 is 10.6. The van der Waals surface area contributed by atoms with E-state index >= 15 is 0 Å². The van der Waals surface area contributed by atoms with Crippen molar-refractivity contribution in [1.29, 1.82) is 0 Å². The summed E-state index contributed by atoms with van der Waals surface area (Å²) in [4.78, 5) is 18.9. The van der Waals surface area contributed by atoms with Crippen LogP contribution >= 0.6 is 22.7 Å². The van der Waals surface area contributed by atoms with Crippen LogP contribution in [0.1, 0.15) is 20.9 Å². The fraction of sp³-hybridized carbons (Fsp3) is 0.222. The van der Waals surface area contributed by atoms with Crippen molar-refractivity contribution in [2.45, 2.75) is 13.8 Å². The zero-order valence-corrected chi connectivity index (χ0v) is 16.0. The number of aromatic nitrogens is 1. The second-order valence-electron chi connectivity index (χ2n) is 5.39. The first-order chi connectivity index (χ1) is 12.0. The first-order valence-electron chi connectivity index (χ1n) is 7.58. The van der Waals surface area contributed by atoms with Crippen molar-refractivity contribution in [1.82, 2.24) is 4.98 Å². The van der Waals surface area contributed by atoms with Crippen LogP contribution in [-0.4, -0.2) is 25.1 Å². The van der Waals surface area contributed by atoms with E-state index < -0.39 is 0 Å². The molecule has 0 radical (unpaired) electrons. The van der Waals surface area contributed by atoms with E-state index in [1.54, 1.807) is 31.6 Å². The largest absolute Gasteiger partial charge is 0.493 e. The Morgan fingerprint density at radius 1 is 1.16 bits per heavy atom. The second kappa shape index (κ2) is 7.25. The molecule has 1 amide bonds. The van der Waals surface area contributed by atoms with Crippen LogP contribution in [0.5, 0.6) is 11.5 Å². The first-order valence-corrected chi connectivity index (χ1v) is 9.28. The molecular weight excluding hydrogens is 356 g/mol. The second-order valence-corrected chi connectivity index (χ2v) is 7.33. The number of carbonyl (C=O) groups is 1. The van der Waals surface area contributed by atoms with Crippen molar-refractivity contribution in [3.63, 3.8) is 0 Å². The van der Waals surface area contributed by atoms with Crippen LogP contribution in [0.3, 0.4) is 0 Å². The van der Waals surface area contributed by atoms with Gasteiger partial charge >= 0.3 is 0 Å². The minimum Gasteiger partial charge on any atom is -0.493 e. The number of nitrogens with zero attached hydrogens (tertiary/aromatic N) is 1. The number of rotatable bonds is 5. The monoisotopic (exact) mass is 374 g/mol. The highest BCUT2D eigenvalue weighted by Crippen LogP contribution is 2.34. The number of anilines is 1. The Hall–Kier alpha value is -2.38. The number of hydrogen-bond acceptors (Lipinski definition) is 6. The molecule has 0 aliphatic heterocycles. The number of hydrogen-bond donors (Lipinski definition) is 1. The number of carbonyl (C=O) groups excluding carboxylic acids is 1. The lowest BCUT2D eigenvalue weighted by atomic mass is 10.1. The van der Waals surface area contributed by atoms with E-state index in [-0.39, 0.29) is 5.91 Å². The van der Waals surface area contributed by atoms with Crippen molar-refractivity contribution in [2.24, 2.45) is 0 Å². The minimum absolute atomic E-state index is 0.173. The van der Waals surface area contributed by atoms with Gasteiger partial charge < -0.3 is 14.8 Å². The van der Waals surface area contributed by atoms with E-state index in [0.717, 1.165) is 21.1 Å². The fourth-order valence-electron chi connectivity index (χ4n) is 2.41. The zero-order valence-electron chi connectivity index (χ0n) is 14.4. The number of nitrogens with one attached hydrogen (secondary N) is 1. The average Bonchev–Trinajstić information content (AvgIpc) is 3.25. The molecule has 0 saturated carbocycles. The highest BCUT2D eigenvalue weighted by molar-refractivity contribution is 7.22. The molecule has 2 aromatic heterocycles. The van der Waals surface area contributed by atoms with Crippen LogP contribution in [0.25, 0.3) is 9.88 Å². The first kappa shape index (κ1) is 17.4. The predicted octanol–water partition coefficient (Wildman–Crippen LogP) is 4.76. The Balaban J connectivity index is 1.88. The highest BCUT2D eigenvalue weighted by atomic mass is 32.1. The summed E-state index contributed by atoms with van der Waals surface area (Å²) in [6.07, 6.45) is 0. The Bertz CT molecular complexity index is 901. The molecule has 0 bridgehead atoms. The van der Waals surface area contributed by atoms with Crippen LogP contribution in [0.15, 0.2) is 29.6 Å². The highest BCUT2D eigenvalue weighted by Gasteiger charge is 2.18. The maximum atomic E-state index is 12.7. The summed E-state index contributed by atoms with van der Waals surface area (Å²) in [7, 11) is 3.15. The van der Waals surface area contributed by atoms with Crippen LogP contribution in [0.2, 0.25) is 0 Å². The van der Waals surface area contributed by atoms with Crippen LogP contribution in [0.4, 0.5) is 5.69 Å². The molecule has 1 N–H and O–H groups in total. The van der Waals surface area contributed by atoms with Crippen LogP contribution in [-0.2, 0) is 0 Å². The van der Waals surface area contributed by atoms with Crippen molar-refractivity contribution < 1.29 is 14.3 Å². The van der Waals surface area contributed by atoms with Crippen LogP contribution < -0.4 is 14.8 Å². The van der Waals surface area contributed by atoms with Crippen molar-refractivity contribution in [3.8, 4) is 21.4 Å². The summed E-state index contributed by atoms with van der Waals surface area (Å²) in [5, 5.41) is 5.81. The summed E-state index contributed by atoms with van der Waals surface area (Å²) in [5.41, 5.74) is 2.31. The Morgan fingerprint density at radius 3 is 2.52 bits per heavy atom. The third-order valence-corrected chi connectivity index (χ3v) is 5.91. The number of aryl methyl sites for hydroxylation is 2. The normalized spacial score (nSPS) is 10.6. The zero-order chi connectivity index (χ0) is 18.0. The molecule has 0 atom stereocenters. The van der Waals surface area contributed by atoms with Gasteiger partial charge in [-0.25, -0.2) is 4.98 Å². The molecule has 25 heavy (non-hydrogen) atoms. The molecule has 0 saturated heterocycles. The third kappa shape index (κ3) is 3.52. The topological polar surface area (TPSA) is 60.5 Å². The van der Waals surface area contributed by atoms with Gasteiger partial charge in [-0.1, -0.05) is 6.07 Å². The molecule has 2 heterocycles. The molecule has 0 fully saturated rings. The SMILES string of the molecule is COc1cc(C)c(NC(=O)c2sc(-c3cccs3)nc2C)cc1OC. The number of thiophene rings is 1. The van der Waals surface area contributed by atoms with E-state index in [4.69, 9.17) is 9.47 Å². The number of ether oxygens (including phenoxy) is 2. The van der Waals surface area contributed by atoms with Crippen molar-refractivity contribution >= 4 is 34.3 Å². The lowest BCUT2D eigenvalue weighted by Crippen LogP contribution is -2.12. The van der Waals surface area contributed by atoms with Crippen molar-refractivity contribution in [3.05, 3.63) is 45.8 Å². The summed E-state index contributed by atoms with van der Waals surface area (Å²) >= 11 is 3.01. The van der Waals surface area contributed by atoms with Gasteiger partial charge in [-0.2, -0.15) is 0 Å². The molecule has 0 aliphatic rings. The van der Waals surface area contributed by atoms with Gasteiger partial charge in [0.1, 0.15) is 9.88 Å². The molecule has 0 unspecified atom stereocenters. The number of amides is 1. The molecular formula is C18H18N2O3S2. The smallest absolute Gasteiger partial charge is 0.267 e. The molecule has 0 spiro atoms. The molecule has 1 aromatic carbocycles. The van der Waals surface area contributed by atoms with Gasteiger partial charge in [0.25, 0.3) is 5.91 Å². The van der Waals surface area contributed by atoms with E-state index in [1.807, 2.05) is 37.4 Å². The summed E-state index contributed by atoms with van der Waals surface area (Å²) in [5.74, 6) is 1.03. The number of thiazole rings is 1.